The Bertz CT molecular complexity index is 2030. The molecule has 294 valence electrons. The molecule has 14 nitrogen and oxygen atoms in total. The zero-order chi connectivity index (χ0) is 40.4. The molecule has 0 bridgehead atoms. The van der Waals surface area contributed by atoms with Crippen LogP contribution < -0.4 is 21.3 Å². The average Bonchev–Trinajstić information content (AvgIpc) is 4.12. The fourth-order valence-electron chi connectivity index (χ4n) is 6.57. The third-order valence-electron chi connectivity index (χ3n) is 10.9. The summed E-state index contributed by atoms with van der Waals surface area (Å²) in [7, 11) is 0. The lowest BCUT2D eigenvalue weighted by atomic mass is 9.94. The van der Waals surface area contributed by atoms with E-state index < -0.39 is 36.2 Å². The third-order valence-corrected chi connectivity index (χ3v) is 10.9. The van der Waals surface area contributed by atoms with Crippen molar-refractivity contribution < 1.29 is 39.6 Å². The molecular formula is C42H48N6O8. The van der Waals surface area contributed by atoms with Gasteiger partial charge in [0, 0.05) is 36.9 Å². The van der Waals surface area contributed by atoms with E-state index in [0.717, 1.165) is 70.2 Å². The van der Waals surface area contributed by atoms with Crippen molar-refractivity contribution in [1.29, 1.82) is 0 Å². The number of aromatic nitrogens is 2. The van der Waals surface area contributed by atoms with Crippen molar-refractivity contribution in [3.8, 4) is 11.1 Å². The SMILES string of the molecule is Cc1c(NC(=O)c2cc(C3CC3)c(CN[C@](C)(CO)C(=O)O)cn2)cccc1-c1cccc(NC(=O)c2cc(C3CC3)c(CN[C@](C)(CO)C(=O)O)cn2)c1C. The molecule has 2 aromatic carbocycles. The van der Waals surface area contributed by atoms with Crippen molar-refractivity contribution in [2.75, 3.05) is 23.8 Å². The Morgan fingerprint density at radius 1 is 0.661 bits per heavy atom. The van der Waals surface area contributed by atoms with E-state index in [9.17, 15) is 39.6 Å². The maximum absolute atomic E-state index is 13.6. The second-order valence-electron chi connectivity index (χ2n) is 15.2. The van der Waals surface area contributed by atoms with Gasteiger partial charge in [0.2, 0.25) is 0 Å². The normalized spacial score (nSPS) is 16.0. The molecule has 56 heavy (non-hydrogen) atoms. The zero-order valence-corrected chi connectivity index (χ0v) is 31.9. The molecule has 2 amide bonds. The van der Waals surface area contributed by atoms with Crippen LogP contribution in [-0.4, -0.2) is 78.4 Å². The van der Waals surface area contributed by atoms with E-state index in [1.54, 1.807) is 24.5 Å². The lowest BCUT2D eigenvalue weighted by Crippen LogP contribution is -2.52. The predicted octanol–water partition coefficient (Wildman–Crippen LogP) is 4.87. The van der Waals surface area contributed by atoms with Gasteiger partial charge in [0.05, 0.1) is 13.2 Å². The minimum atomic E-state index is -1.51. The number of amides is 2. The molecule has 0 radical (unpaired) electrons. The first kappa shape index (κ1) is 40.1. The number of benzene rings is 2. The highest BCUT2D eigenvalue weighted by molar-refractivity contribution is 6.05. The number of carboxylic acid groups (broad SMARTS) is 2. The van der Waals surface area contributed by atoms with Gasteiger partial charge in [-0.25, -0.2) is 0 Å². The molecule has 2 saturated carbocycles. The van der Waals surface area contributed by atoms with Crippen molar-refractivity contribution in [2.45, 2.75) is 89.4 Å². The summed E-state index contributed by atoms with van der Waals surface area (Å²) in [5.41, 5.74) is 5.38. The predicted molar refractivity (Wildman–Crippen MR) is 210 cm³/mol. The van der Waals surface area contributed by atoms with Gasteiger partial charge < -0.3 is 31.1 Å². The summed E-state index contributed by atoms with van der Waals surface area (Å²) in [6, 6.07) is 14.7. The van der Waals surface area contributed by atoms with Gasteiger partial charge in [-0.1, -0.05) is 24.3 Å². The van der Waals surface area contributed by atoms with Gasteiger partial charge in [-0.15, -0.1) is 0 Å². The molecule has 2 aliphatic rings. The van der Waals surface area contributed by atoms with Crippen LogP contribution in [0.2, 0.25) is 0 Å². The van der Waals surface area contributed by atoms with Crippen LogP contribution in [0, 0.1) is 13.8 Å². The maximum Gasteiger partial charge on any atom is 0.326 e. The minimum Gasteiger partial charge on any atom is -0.480 e. The van der Waals surface area contributed by atoms with Crippen LogP contribution >= 0.6 is 0 Å². The van der Waals surface area contributed by atoms with Crippen LogP contribution in [0.25, 0.3) is 11.1 Å². The number of rotatable bonds is 17. The van der Waals surface area contributed by atoms with Gasteiger partial charge in [-0.2, -0.15) is 0 Å². The molecule has 2 heterocycles. The number of anilines is 2. The van der Waals surface area contributed by atoms with E-state index in [4.69, 9.17) is 0 Å². The summed E-state index contributed by atoms with van der Waals surface area (Å²) in [6.45, 7) is 5.84. The van der Waals surface area contributed by atoms with E-state index in [1.165, 1.54) is 13.8 Å². The number of aliphatic hydroxyl groups excluding tert-OH is 2. The van der Waals surface area contributed by atoms with Crippen LogP contribution in [0.1, 0.15) is 106 Å². The number of hydrogen-bond donors (Lipinski definition) is 8. The second-order valence-corrected chi connectivity index (χ2v) is 15.2. The van der Waals surface area contributed by atoms with Crippen molar-refractivity contribution in [2.24, 2.45) is 0 Å². The minimum absolute atomic E-state index is 0.175. The number of carbonyl (C=O) groups is 4. The summed E-state index contributed by atoms with van der Waals surface area (Å²) < 4.78 is 0. The largest absolute Gasteiger partial charge is 0.480 e. The molecular weight excluding hydrogens is 716 g/mol. The van der Waals surface area contributed by atoms with Gasteiger partial charge >= 0.3 is 11.9 Å². The number of hydrogen-bond acceptors (Lipinski definition) is 10. The molecule has 0 saturated heterocycles. The van der Waals surface area contributed by atoms with Gasteiger partial charge in [0.1, 0.15) is 22.5 Å². The fraction of sp³-hybridized carbons (Fsp3) is 0.381. The molecule has 2 atom stereocenters. The molecule has 2 fully saturated rings. The number of aliphatic hydroxyl groups is 2. The Balaban J connectivity index is 1.18. The number of nitrogens with one attached hydrogen (secondary N) is 4. The van der Waals surface area contributed by atoms with Crippen LogP contribution in [0.15, 0.2) is 60.9 Å². The number of carbonyl (C=O) groups excluding carboxylic acids is 2. The van der Waals surface area contributed by atoms with Crippen LogP contribution in [0.5, 0.6) is 0 Å². The zero-order valence-electron chi connectivity index (χ0n) is 31.9. The smallest absolute Gasteiger partial charge is 0.326 e. The molecule has 8 N–H and O–H groups in total. The van der Waals surface area contributed by atoms with Crippen molar-refractivity contribution >= 4 is 35.1 Å². The summed E-state index contributed by atoms with van der Waals surface area (Å²) in [5, 5.41) is 50.2. The second kappa shape index (κ2) is 16.3. The van der Waals surface area contributed by atoms with Gasteiger partial charge in [-0.05, 0) is 134 Å². The van der Waals surface area contributed by atoms with E-state index in [1.807, 2.05) is 50.2 Å². The number of aliphatic carboxylic acids is 2. The standard InChI is InChI=1S/C42H48N6O8/c1-23-29(7-5-9-33(23)47-37(51)35-15-31(25-11-12-25)27(17-43-35)19-45-41(3,21-49)39(53)54)30-8-6-10-34(24(30)2)48-38(52)36-16-32(26-13-14-26)28(18-44-36)20-46-42(4,22-50)40(55)56/h5-10,15-18,25-26,45-46,49-50H,11-14,19-22H2,1-4H3,(H,47,51)(H,48,52)(H,53,54)(H,55,56)/t41-,42-/m1/s1. The Labute approximate surface area is 324 Å². The number of pyridine rings is 2. The van der Waals surface area contributed by atoms with Crippen molar-refractivity contribution in [3.05, 3.63) is 106 Å². The van der Waals surface area contributed by atoms with E-state index >= 15 is 0 Å². The Kier molecular flexibility index (Phi) is 11.7. The highest BCUT2D eigenvalue weighted by Gasteiger charge is 2.35. The van der Waals surface area contributed by atoms with Crippen LogP contribution in [-0.2, 0) is 22.7 Å². The quantitative estimate of drug-likeness (QED) is 0.0722. The number of nitrogens with zero attached hydrogens (tertiary/aromatic N) is 2. The average molecular weight is 765 g/mol. The molecule has 4 aromatic rings. The first-order valence-corrected chi connectivity index (χ1v) is 18.7. The molecule has 6 rings (SSSR count). The van der Waals surface area contributed by atoms with Gasteiger partial charge in [0.25, 0.3) is 11.8 Å². The van der Waals surface area contributed by atoms with E-state index in [-0.39, 0.29) is 48.1 Å². The maximum atomic E-state index is 13.6. The molecule has 2 aliphatic carbocycles. The van der Waals surface area contributed by atoms with Crippen molar-refractivity contribution in [3.63, 3.8) is 0 Å². The van der Waals surface area contributed by atoms with Crippen LogP contribution in [0.3, 0.4) is 0 Å². The van der Waals surface area contributed by atoms with Gasteiger partial charge in [-0.3, -0.25) is 39.8 Å². The third kappa shape index (κ3) is 8.63. The first-order chi connectivity index (χ1) is 26.7. The molecule has 14 heteroatoms. The number of carboxylic acids is 2. The highest BCUT2D eigenvalue weighted by Crippen LogP contribution is 2.43. The summed E-state index contributed by atoms with van der Waals surface area (Å²) in [4.78, 5) is 59.3. The fourth-order valence-corrected chi connectivity index (χ4v) is 6.57. The molecule has 0 aliphatic heterocycles. The van der Waals surface area contributed by atoms with Gasteiger partial charge in [0.15, 0.2) is 0 Å². The molecule has 2 aromatic heterocycles. The Morgan fingerprint density at radius 3 is 1.36 bits per heavy atom. The topological polar surface area (TPSA) is 223 Å². The molecule has 0 spiro atoms. The monoisotopic (exact) mass is 764 g/mol. The summed E-state index contributed by atoms with van der Waals surface area (Å²) in [5.74, 6) is -2.61. The first-order valence-electron chi connectivity index (χ1n) is 18.7. The Hall–Kier alpha value is -5.54. The van der Waals surface area contributed by atoms with Crippen LogP contribution in [0.4, 0.5) is 11.4 Å². The molecule has 0 unspecified atom stereocenters. The Morgan fingerprint density at radius 2 is 1.04 bits per heavy atom. The lowest BCUT2D eigenvalue weighted by molar-refractivity contribution is -0.146. The highest BCUT2D eigenvalue weighted by atomic mass is 16.4. The van der Waals surface area contributed by atoms with E-state index in [2.05, 4.69) is 31.2 Å². The lowest BCUT2D eigenvalue weighted by Gasteiger charge is -2.24. The summed E-state index contributed by atoms with van der Waals surface area (Å²) >= 11 is 0. The van der Waals surface area contributed by atoms with Crippen molar-refractivity contribution in [1.82, 2.24) is 20.6 Å². The van der Waals surface area contributed by atoms with E-state index in [0.29, 0.717) is 11.4 Å². The summed E-state index contributed by atoms with van der Waals surface area (Å²) in [6.07, 6.45) is 7.00.